The Bertz CT molecular complexity index is 460. The Morgan fingerprint density at radius 2 is 1.61 bits per heavy atom. The number of carboxylic acids is 1. The van der Waals surface area contributed by atoms with Crippen LogP contribution < -0.4 is 11.9 Å². The zero-order chi connectivity index (χ0) is 13.7. The first-order valence-electron chi connectivity index (χ1n) is 4.31. The number of halogens is 3. The number of amides is 1. The first-order chi connectivity index (χ1) is 7.68. The quantitative estimate of drug-likeness (QED) is 0.437. The van der Waals surface area contributed by atoms with Gasteiger partial charge >= 0.3 is 5.97 Å². The first-order valence-corrected chi connectivity index (χ1v) is 7.55. The van der Waals surface area contributed by atoms with Gasteiger partial charge in [0.15, 0.2) is 0 Å². The Labute approximate surface area is 146 Å². The summed E-state index contributed by atoms with van der Waals surface area (Å²) in [7, 11) is 0. The van der Waals surface area contributed by atoms with Crippen LogP contribution in [0, 0.1) is 17.6 Å². The Hall–Kier alpha value is 0.310. The molecule has 0 radical (unpaired) electrons. The standard InChI is InChI=1S/C8H5I3O2.C2H5NO.H3N/c1-3-4(9)2-5(10)6(7(3)11)8(12)13;1-2(3)4;/h2H,1H3,(H,12,13);1H3,(H2,3,4);1H3. The van der Waals surface area contributed by atoms with E-state index in [4.69, 9.17) is 5.11 Å². The highest BCUT2D eigenvalue weighted by Gasteiger charge is 2.16. The van der Waals surface area contributed by atoms with Crippen LogP contribution in [0.25, 0.3) is 0 Å². The van der Waals surface area contributed by atoms with Gasteiger partial charge in [0, 0.05) is 17.6 Å². The summed E-state index contributed by atoms with van der Waals surface area (Å²) >= 11 is 6.35. The number of carbonyl (C=O) groups is 2. The van der Waals surface area contributed by atoms with Crippen molar-refractivity contribution in [3.05, 3.63) is 27.9 Å². The summed E-state index contributed by atoms with van der Waals surface area (Å²) < 4.78 is 2.74. The van der Waals surface area contributed by atoms with Gasteiger partial charge in [-0.25, -0.2) is 4.79 Å². The van der Waals surface area contributed by atoms with Gasteiger partial charge in [0.2, 0.25) is 5.91 Å². The molecule has 0 atom stereocenters. The molecular weight excluding hydrogens is 577 g/mol. The number of primary amides is 1. The molecule has 0 aliphatic heterocycles. The molecule has 0 saturated carbocycles. The van der Waals surface area contributed by atoms with Crippen molar-refractivity contribution >= 4 is 79.6 Å². The van der Waals surface area contributed by atoms with Crippen LogP contribution in [0.2, 0.25) is 0 Å². The van der Waals surface area contributed by atoms with Gasteiger partial charge in [-0.05, 0) is 86.3 Å². The van der Waals surface area contributed by atoms with E-state index >= 15 is 0 Å². The van der Waals surface area contributed by atoms with Gasteiger partial charge in [0.1, 0.15) is 0 Å². The number of aromatic carboxylic acids is 1. The minimum Gasteiger partial charge on any atom is -0.478 e. The highest BCUT2D eigenvalue weighted by molar-refractivity contribution is 14.1. The lowest BCUT2D eigenvalue weighted by Crippen LogP contribution is -2.05. The van der Waals surface area contributed by atoms with Crippen molar-refractivity contribution in [1.29, 1.82) is 0 Å². The summed E-state index contributed by atoms with van der Waals surface area (Å²) in [4.78, 5) is 20.1. The molecule has 1 aromatic carbocycles. The van der Waals surface area contributed by atoms with E-state index < -0.39 is 5.97 Å². The number of nitrogens with two attached hydrogens (primary N) is 1. The highest BCUT2D eigenvalue weighted by atomic mass is 127. The molecule has 0 fully saturated rings. The number of rotatable bonds is 1. The molecule has 1 amide bonds. The molecule has 0 spiro atoms. The van der Waals surface area contributed by atoms with E-state index in [-0.39, 0.29) is 12.1 Å². The smallest absolute Gasteiger partial charge is 0.337 e. The third kappa shape index (κ3) is 6.47. The summed E-state index contributed by atoms with van der Waals surface area (Å²) in [6, 6.07) is 1.89. The molecule has 0 aliphatic rings. The molecule has 0 bridgehead atoms. The molecule has 5 nitrogen and oxygen atoms in total. The monoisotopic (exact) mass is 590 g/mol. The van der Waals surface area contributed by atoms with Crippen molar-refractivity contribution in [3.8, 4) is 0 Å². The molecule has 0 heterocycles. The van der Waals surface area contributed by atoms with Gasteiger partial charge in [-0.1, -0.05) is 0 Å². The van der Waals surface area contributed by atoms with Crippen molar-refractivity contribution in [1.82, 2.24) is 6.15 Å². The van der Waals surface area contributed by atoms with Gasteiger partial charge in [-0.3, -0.25) is 4.79 Å². The van der Waals surface area contributed by atoms with E-state index in [1.807, 2.05) is 13.0 Å². The third-order valence-corrected chi connectivity index (χ3v) is 4.93. The van der Waals surface area contributed by atoms with Crippen molar-refractivity contribution in [3.63, 3.8) is 0 Å². The summed E-state index contributed by atoms with van der Waals surface area (Å²) in [5.41, 5.74) is 5.93. The van der Waals surface area contributed by atoms with Crippen molar-refractivity contribution < 1.29 is 14.7 Å². The van der Waals surface area contributed by atoms with Crippen molar-refractivity contribution in [2.45, 2.75) is 13.8 Å². The molecule has 0 saturated heterocycles. The molecule has 1 rings (SSSR count). The first kappa shape index (κ1) is 20.6. The van der Waals surface area contributed by atoms with E-state index in [0.29, 0.717) is 5.56 Å². The highest BCUT2D eigenvalue weighted by Crippen LogP contribution is 2.26. The minimum atomic E-state index is -0.853. The number of benzene rings is 1. The molecular formula is C10H13I3N2O3. The predicted octanol–water partition coefficient (Wildman–Crippen LogP) is 3.16. The topological polar surface area (TPSA) is 115 Å². The van der Waals surface area contributed by atoms with E-state index in [9.17, 15) is 9.59 Å². The number of carbonyl (C=O) groups excluding carboxylic acids is 1. The van der Waals surface area contributed by atoms with Crippen LogP contribution in [0.1, 0.15) is 22.8 Å². The lowest BCUT2D eigenvalue weighted by Gasteiger charge is -2.07. The average Bonchev–Trinajstić information content (AvgIpc) is 2.12. The maximum atomic E-state index is 10.9. The van der Waals surface area contributed by atoms with E-state index in [1.165, 1.54) is 6.92 Å². The SMILES string of the molecule is CC(N)=O.Cc1c(I)cc(I)c(C(=O)O)c1I.N. The molecule has 18 heavy (non-hydrogen) atoms. The summed E-state index contributed by atoms with van der Waals surface area (Å²) in [5, 5.41) is 8.95. The zero-order valence-corrected chi connectivity index (χ0v) is 16.2. The number of hydrogen-bond acceptors (Lipinski definition) is 3. The van der Waals surface area contributed by atoms with Crippen LogP contribution in [0.3, 0.4) is 0 Å². The number of hydrogen-bond donors (Lipinski definition) is 3. The number of carboxylic acid groups (broad SMARTS) is 1. The second-order valence-electron chi connectivity index (χ2n) is 3.07. The fourth-order valence-corrected chi connectivity index (χ4v) is 4.72. The Kier molecular flexibility index (Phi) is 10.6. The molecule has 0 unspecified atom stereocenters. The Morgan fingerprint density at radius 3 is 1.94 bits per heavy atom. The maximum absolute atomic E-state index is 10.9. The molecule has 1 aromatic rings. The van der Waals surface area contributed by atoms with E-state index in [2.05, 4.69) is 73.5 Å². The van der Waals surface area contributed by atoms with E-state index in [0.717, 1.165) is 16.3 Å². The van der Waals surface area contributed by atoms with Crippen LogP contribution >= 0.6 is 67.8 Å². The van der Waals surface area contributed by atoms with Crippen LogP contribution in [-0.4, -0.2) is 17.0 Å². The van der Waals surface area contributed by atoms with Crippen molar-refractivity contribution in [2.24, 2.45) is 5.73 Å². The summed E-state index contributed by atoms with van der Waals surface area (Å²) in [5.74, 6) is -1.19. The van der Waals surface area contributed by atoms with Gasteiger partial charge < -0.3 is 17.0 Å². The van der Waals surface area contributed by atoms with Crippen LogP contribution in [-0.2, 0) is 4.79 Å². The Morgan fingerprint density at radius 1 is 1.22 bits per heavy atom. The second kappa shape index (κ2) is 9.25. The van der Waals surface area contributed by atoms with Gasteiger partial charge in [0.25, 0.3) is 0 Å². The van der Waals surface area contributed by atoms with E-state index in [1.54, 1.807) is 0 Å². The molecule has 0 aromatic heterocycles. The van der Waals surface area contributed by atoms with Gasteiger partial charge in [0.05, 0.1) is 5.56 Å². The lowest BCUT2D eigenvalue weighted by atomic mass is 10.1. The summed E-state index contributed by atoms with van der Waals surface area (Å²) in [6.07, 6.45) is 0. The average molecular weight is 590 g/mol. The molecule has 0 aliphatic carbocycles. The van der Waals surface area contributed by atoms with Crippen molar-refractivity contribution in [2.75, 3.05) is 0 Å². The predicted molar refractivity (Wildman–Crippen MR) is 96.2 cm³/mol. The van der Waals surface area contributed by atoms with Gasteiger partial charge in [-0.15, -0.1) is 0 Å². The largest absolute Gasteiger partial charge is 0.478 e. The third-order valence-electron chi connectivity index (χ3n) is 1.61. The summed E-state index contributed by atoms with van der Waals surface area (Å²) in [6.45, 7) is 3.24. The molecule has 6 N–H and O–H groups in total. The minimum absolute atomic E-state index is 0. The second-order valence-corrected chi connectivity index (χ2v) is 6.47. The molecule has 102 valence electrons. The fourth-order valence-electron chi connectivity index (χ4n) is 0.885. The van der Waals surface area contributed by atoms with Crippen LogP contribution in [0.4, 0.5) is 0 Å². The van der Waals surface area contributed by atoms with Crippen LogP contribution in [0.5, 0.6) is 0 Å². The zero-order valence-electron chi connectivity index (χ0n) is 9.76. The fraction of sp³-hybridized carbons (Fsp3) is 0.200. The Balaban J connectivity index is 0. The molecule has 8 heteroatoms. The lowest BCUT2D eigenvalue weighted by molar-refractivity contribution is -0.115. The van der Waals surface area contributed by atoms with Crippen LogP contribution in [0.15, 0.2) is 6.07 Å². The normalized spacial score (nSPS) is 8.72. The van der Waals surface area contributed by atoms with Gasteiger partial charge in [-0.2, -0.15) is 0 Å². The maximum Gasteiger partial charge on any atom is 0.337 e.